The summed E-state index contributed by atoms with van der Waals surface area (Å²) in [5.41, 5.74) is 2.52. The van der Waals surface area contributed by atoms with E-state index in [4.69, 9.17) is 0 Å². The zero-order chi connectivity index (χ0) is 26.0. The van der Waals surface area contributed by atoms with E-state index in [2.05, 4.69) is 26.0 Å². The van der Waals surface area contributed by atoms with Crippen LogP contribution in [0.15, 0.2) is 55.0 Å². The molecular weight excluding hydrogens is 473 g/mol. The first-order valence-electron chi connectivity index (χ1n) is 11.1. The number of hydrogen-bond acceptors (Lipinski definition) is 5. The van der Waals surface area contributed by atoms with Crippen molar-refractivity contribution in [1.29, 1.82) is 0 Å². The van der Waals surface area contributed by atoms with Gasteiger partial charge in [-0.1, -0.05) is 12.1 Å². The molecule has 0 unspecified atom stereocenters. The number of alkyl halides is 3. The molecule has 3 N–H and O–H groups in total. The van der Waals surface area contributed by atoms with Crippen LogP contribution in [0.25, 0.3) is 5.52 Å². The third kappa shape index (κ3) is 4.99. The van der Waals surface area contributed by atoms with Crippen molar-refractivity contribution in [3.8, 4) is 0 Å². The number of carbonyl (C=O) groups is 2. The largest absolute Gasteiger partial charge is 0.416 e. The van der Waals surface area contributed by atoms with E-state index in [0.29, 0.717) is 34.7 Å². The highest BCUT2D eigenvalue weighted by Gasteiger charge is 2.30. The van der Waals surface area contributed by atoms with Gasteiger partial charge in [0.15, 0.2) is 5.82 Å². The number of amides is 2. The van der Waals surface area contributed by atoms with Crippen LogP contribution in [0.2, 0.25) is 0 Å². The summed E-state index contributed by atoms with van der Waals surface area (Å²) in [6, 6.07) is 9.31. The lowest BCUT2D eigenvalue weighted by molar-refractivity contribution is -0.137. The van der Waals surface area contributed by atoms with Crippen molar-refractivity contribution in [2.45, 2.75) is 26.9 Å². The second-order valence-electron chi connectivity index (χ2n) is 8.12. The van der Waals surface area contributed by atoms with E-state index < -0.39 is 17.6 Å². The predicted octanol–water partition coefficient (Wildman–Crippen LogP) is 5.11. The minimum atomic E-state index is -4.52. The number of benzene rings is 2. The second kappa shape index (κ2) is 9.68. The second-order valence-corrected chi connectivity index (χ2v) is 8.12. The fourth-order valence-electron chi connectivity index (χ4n) is 3.74. The molecule has 4 aromatic rings. The number of anilines is 3. The maximum absolute atomic E-state index is 13.0. The van der Waals surface area contributed by atoms with E-state index >= 15 is 0 Å². The van der Waals surface area contributed by atoms with Crippen molar-refractivity contribution >= 4 is 34.5 Å². The Kier molecular flexibility index (Phi) is 6.65. The lowest BCUT2D eigenvalue weighted by Gasteiger charge is -2.13. The topological polar surface area (TPSA) is 100 Å². The van der Waals surface area contributed by atoms with Crippen molar-refractivity contribution in [3.05, 3.63) is 82.8 Å². The highest BCUT2D eigenvalue weighted by molar-refractivity contribution is 6.05. The van der Waals surface area contributed by atoms with Crippen LogP contribution in [0.5, 0.6) is 0 Å². The van der Waals surface area contributed by atoms with Gasteiger partial charge in [0.05, 0.1) is 11.1 Å². The summed E-state index contributed by atoms with van der Waals surface area (Å²) in [6.45, 7) is 5.94. The van der Waals surface area contributed by atoms with Crippen LogP contribution in [0, 0.1) is 13.8 Å². The van der Waals surface area contributed by atoms with Gasteiger partial charge in [0.25, 0.3) is 11.8 Å². The quantitative estimate of drug-likeness (QED) is 0.345. The van der Waals surface area contributed by atoms with Crippen LogP contribution < -0.4 is 16.0 Å². The molecule has 2 heterocycles. The van der Waals surface area contributed by atoms with Gasteiger partial charge in [-0.2, -0.15) is 18.3 Å². The van der Waals surface area contributed by atoms with Crippen LogP contribution in [0.3, 0.4) is 0 Å². The molecule has 2 aromatic carbocycles. The van der Waals surface area contributed by atoms with Gasteiger partial charge in [-0.15, -0.1) is 0 Å². The molecule has 0 fully saturated rings. The number of halogens is 3. The molecule has 0 saturated heterocycles. The summed E-state index contributed by atoms with van der Waals surface area (Å²) < 4.78 is 40.6. The Bertz CT molecular complexity index is 1460. The summed E-state index contributed by atoms with van der Waals surface area (Å²) in [4.78, 5) is 29.5. The molecule has 0 radical (unpaired) electrons. The van der Waals surface area contributed by atoms with E-state index in [1.807, 2.05) is 13.8 Å². The van der Waals surface area contributed by atoms with E-state index in [1.54, 1.807) is 35.8 Å². The van der Waals surface area contributed by atoms with Gasteiger partial charge >= 0.3 is 6.18 Å². The van der Waals surface area contributed by atoms with Gasteiger partial charge in [0.1, 0.15) is 11.8 Å². The van der Waals surface area contributed by atoms with Gasteiger partial charge in [0, 0.05) is 29.7 Å². The summed E-state index contributed by atoms with van der Waals surface area (Å²) in [5, 5.41) is 12.7. The Morgan fingerprint density at radius 2 is 1.83 bits per heavy atom. The third-order valence-electron chi connectivity index (χ3n) is 5.61. The molecule has 11 heteroatoms. The summed E-state index contributed by atoms with van der Waals surface area (Å²) in [7, 11) is 0. The highest BCUT2D eigenvalue weighted by Crippen LogP contribution is 2.31. The number of carbonyl (C=O) groups excluding carboxylic acids is 2. The molecule has 2 aromatic heterocycles. The first-order valence-corrected chi connectivity index (χ1v) is 11.1. The number of nitrogens with zero attached hydrogens (tertiary/aromatic N) is 3. The van der Waals surface area contributed by atoms with E-state index in [-0.39, 0.29) is 17.2 Å². The molecule has 2 amide bonds. The fourth-order valence-corrected chi connectivity index (χ4v) is 3.74. The van der Waals surface area contributed by atoms with Gasteiger partial charge < -0.3 is 16.0 Å². The summed E-state index contributed by atoms with van der Waals surface area (Å²) in [6.07, 6.45) is -1.55. The molecule has 0 saturated carbocycles. The Hall–Kier alpha value is -4.41. The number of rotatable bonds is 6. The van der Waals surface area contributed by atoms with Crippen molar-refractivity contribution in [2.24, 2.45) is 0 Å². The average molecular weight is 496 g/mol. The Morgan fingerprint density at radius 3 is 2.56 bits per heavy atom. The first-order chi connectivity index (χ1) is 17.1. The fraction of sp³-hybridized carbons (Fsp3) is 0.200. The maximum Gasteiger partial charge on any atom is 0.416 e. The molecule has 0 aliphatic rings. The molecule has 186 valence electrons. The van der Waals surface area contributed by atoms with Gasteiger partial charge in [-0.05, 0) is 62.2 Å². The molecule has 0 bridgehead atoms. The maximum atomic E-state index is 13.0. The normalized spacial score (nSPS) is 11.4. The SMILES string of the molecule is CCNC(=O)c1cn2ncnc(Nc3cc(C(=O)Nc4cccc(C(F)(F)F)c4)ccc3C)c2c1C. The van der Waals surface area contributed by atoms with E-state index in [0.717, 1.165) is 17.7 Å². The lowest BCUT2D eigenvalue weighted by atomic mass is 10.1. The summed E-state index contributed by atoms with van der Waals surface area (Å²) in [5.74, 6) is -0.366. The van der Waals surface area contributed by atoms with Gasteiger partial charge in [0.2, 0.25) is 0 Å². The minimum Gasteiger partial charge on any atom is -0.352 e. The van der Waals surface area contributed by atoms with Crippen LogP contribution in [-0.2, 0) is 6.18 Å². The van der Waals surface area contributed by atoms with Crippen LogP contribution in [-0.4, -0.2) is 33.0 Å². The lowest BCUT2D eigenvalue weighted by Crippen LogP contribution is -2.22. The average Bonchev–Trinajstić information content (AvgIpc) is 3.17. The first kappa shape index (κ1) is 24.7. The van der Waals surface area contributed by atoms with Crippen molar-refractivity contribution < 1.29 is 22.8 Å². The molecular formula is C25H23F3N6O2. The molecule has 8 nitrogen and oxygen atoms in total. The van der Waals surface area contributed by atoms with Crippen molar-refractivity contribution in [3.63, 3.8) is 0 Å². The van der Waals surface area contributed by atoms with Gasteiger partial charge in [-0.25, -0.2) is 9.50 Å². The van der Waals surface area contributed by atoms with Crippen molar-refractivity contribution in [1.82, 2.24) is 19.9 Å². The highest BCUT2D eigenvalue weighted by atomic mass is 19.4. The number of aromatic nitrogens is 3. The molecule has 4 rings (SSSR count). The molecule has 36 heavy (non-hydrogen) atoms. The molecule has 0 aliphatic heterocycles. The molecule has 0 spiro atoms. The number of hydrogen-bond donors (Lipinski definition) is 3. The number of aryl methyl sites for hydroxylation is 2. The van der Waals surface area contributed by atoms with Crippen LogP contribution >= 0.6 is 0 Å². The number of fused-ring (bicyclic) bond motifs is 1. The van der Waals surface area contributed by atoms with E-state index in [1.165, 1.54) is 18.5 Å². The molecule has 0 aliphatic carbocycles. The van der Waals surface area contributed by atoms with E-state index in [9.17, 15) is 22.8 Å². The zero-order valence-corrected chi connectivity index (χ0v) is 19.7. The third-order valence-corrected chi connectivity index (χ3v) is 5.61. The number of nitrogens with one attached hydrogen (secondary N) is 3. The van der Waals surface area contributed by atoms with Gasteiger partial charge in [-0.3, -0.25) is 9.59 Å². The molecule has 0 atom stereocenters. The monoisotopic (exact) mass is 496 g/mol. The Balaban J connectivity index is 1.63. The van der Waals surface area contributed by atoms with Crippen LogP contribution in [0.1, 0.15) is 44.3 Å². The predicted molar refractivity (Wildman–Crippen MR) is 130 cm³/mol. The Labute approximate surface area is 204 Å². The smallest absolute Gasteiger partial charge is 0.352 e. The zero-order valence-electron chi connectivity index (χ0n) is 19.7. The minimum absolute atomic E-state index is 0.0316. The summed E-state index contributed by atoms with van der Waals surface area (Å²) >= 11 is 0. The van der Waals surface area contributed by atoms with Crippen molar-refractivity contribution in [2.75, 3.05) is 17.2 Å². The Morgan fingerprint density at radius 1 is 1.06 bits per heavy atom. The standard InChI is InChI=1S/C25H23F3N6O2/c1-4-29-24(36)19-12-34-21(15(19)3)22(30-13-31-34)33-20-10-16(9-8-14(20)2)23(35)32-18-7-5-6-17(11-18)25(26,27)28/h5-13H,4H2,1-3H3,(H,29,36)(H,32,35)(H,30,31,33). The van der Waals surface area contributed by atoms with Crippen LogP contribution in [0.4, 0.5) is 30.4 Å².